The molecule has 144 valence electrons. The quantitative estimate of drug-likeness (QED) is 0.357. The highest BCUT2D eigenvalue weighted by molar-refractivity contribution is 6.30. The van der Waals surface area contributed by atoms with Gasteiger partial charge < -0.3 is 4.74 Å². The Labute approximate surface area is 166 Å². The summed E-state index contributed by atoms with van der Waals surface area (Å²) in [6.07, 6.45) is 1.79. The van der Waals surface area contributed by atoms with E-state index < -0.39 is 0 Å². The Morgan fingerprint density at radius 1 is 1.19 bits per heavy atom. The number of carbonyl (C=O) groups is 1. The van der Waals surface area contributed by atoms with E-state index in [0.717, 1.165) is 29.0 Å². The van der Waals surface area contributed by atoms with Crippen LogP contribution in [0.4, 0.5) is 0 Å². The monoisotopic (exact) mass is 386 g/mol. The fourth-order valence-corrected chi connectivity index (χ4v) is 2.85. The fraction of sp³-hybridized carbons (Fsp3) is 0.364. The minimum absolute atomic E-state index is 0.108. The van der Waals surface area contributed by atoms with Crippen LogP contribution < -0.4 is 10.2 Å². The van der Waals surface area contributed by atoms with Gasteiger partial charge in [0, 0.05) is 11.4 Å². The van der Waals surface area contributed by atoms with Gasteiger partial charge in [-0.2, -0.15) is 5.10 Å². The van der Waals surface area contributed by atoms with Gasteiger partial charge in [0.05, 0.1) is 12.3 Å². The van der Waals surface area contributed by atoms with Gasteiger partial charge in [0.2, 0.25) is 5.91 Å². The molecule has 0 radical (unpaired) electrons. The van der Waals surface area contributed by atoms with Crippen molar-refractivity contribution < 1.29 is 9.53 Å². The van der Waals surface area contributed by atoms with Gasteiger partial charge in [-0.3, -0.25) is 4.79 Å². The molecule has 5 heteroatoms. The number of aryl methyl sites for hydroxylation is 1. The number of halogens is 1. The van der Waals surface area contributed by atoms with Crippen LogP contribution in [0.2, 0.25) is 5.02 Å². The maximum absolute atomic E-state index is 12.1. The highest BCUT2D eigenvalue weighted by Crippen LogP contribution is 2.21. The molecule has 0 heterocycles. The minimum atomic E-state index is -0.108. The van der Waals surface area contributed by atoms with Gasteiger partial charge in [-0.1, -0.05) is 55.8 Å². The van der Waals surface area contributed by atoms with Crippen molar-refractivity contribution in [2.45, 2.75) is 40.0 Å². The lowest BCUT2D eigenvalue weighted by Crippen LogP contribution is -2.21. The first-order chi connectivity index (χ1) is 13.0. The van der Waals surface area contributed by atoms with E-state index in [-0.39, 0.29) is 5.91 Å². The van der Waals surface area contributed by atoms with Gasteiger partial charge >= 0.3 is 0 Å². The zero-order valence-corrected chi connectivity index (χ0v) is 16.9. The van der Waals surface area contributed by atoms with Gasteiger partial charge in [0.15, 0.2) is 0 Å². The standard InChI is InChI=1S/C22H27ClN2O2/c1-16(2)14-20(18-8-5-4-6-9-18)24-25-22(26)10-7-13-27-21-12-11-19(23)15-17(21)3/h4-6,8-9,11-12,15-16H,7,10,13-14H2,1-3H3,(H,25,26)/b24-20+. The van der Waals surface area contributed by atoms with Crippen molar-refractivity contribution in [2.24, 2.45) is 11.0 Å². The van der Waals surface area contributed by atoms with Crippen LogP contribution in [0.3, 0.4) is 0 Å². The zero-order valence-electron chi connectivity index (χ0n) is 16.2. The van der Waals surface area contributed by atoms with Gasteiger partial charge in [-0.05, 0) is 55.0 Å². The summed E-state index contributed by atoms with van der Waals surface area (Å²) in [6, 6.07) is 15.4. The van der Waals surface area contributed by atoms with Crippen LogP contribution >= 0.6 is 11.6 Å². The average Bonchev–Trinajstić information content (AvgIpc) is 2.64. The number of nitrogens with one attached hydrogen (secondary N) is 1. The van der Waals surface area contributed by atoms with Crippen LogP contribution in [-0.2, 0) is 4.79 Å². The molecule has 2 aromatic carbocycles. The first kappa shape index (κ1) is 21.0. The van der Waals surface area contributed by atoms with Gasteiger partial charge in [0.1, 0.15) is 5.75 Å². The van der Waals surface area contributed by atoms with Crippen LogP contribution in [0, 0.1) is 12.8 Å². The van der Waals surface area contributed by atoms with E-state index in [1.165, 1.54) is 0 Å². The number of benzene rings is 2. The van der Waals surface area contributed by atoms with Crippen molar-refractivity contribution in [3.05, 3.63) is 64.7 Å². The molecular weight excluding hydrogens is 360 g/mol. The molecule has 0 spiro atoms. The largest absolute Gasteiger partial charge is 0.493 e. The van der Waals surface area contributed by atoms with Crippen molar-refractivity contribution in [3.8, 4) is 5.75 Å². The molecule has 0 aliphatic carbocycles. The SMILES string of the molecule is Cc1cc(Cl)ccc1OCCCC(=O)N/N=C(\CC(C)C)c1ccccc1. The molecule has 2 rings (SSSR count). The lowest BCUT2D eigenvalue weighted by Gasteiger charge is -2.10. The van der Waals surface area contributed by atoms with E-state index in [0.29, 0.717) is 30.4 Å². The highest BCUT2D eigenvalue weighted by atomic mass is 35.5. The van der Waals surface area contributed by atoms with E-state index in [4.69, 9.17) is 16.3 Å². The summed E-state index contributed by atoms with van der Waals surface area (Å²) >= 11 is 5.93. The molecule has 0 aliphatic heterocycles. The van der Waals surface area contributed by atoms with Gasteiger partial charge in [0.25, 0.3) is 0 Å². The van der Waals surface area contributed by atoms with Crippen LogP contribution in [0.1, 0.15) is 44.2 Å². The molecule has 0 atom stereocenters. The number of hydrazone groups is 1. The highest BCUT2D eigenvalue weighted by Gasteiger charge is 2.08. The summed E-state index contributed by atoms with van der Waals surface area (Å²) in [5.74, 6) is 1.14. The topological polar surface area (TPSA) is 50.7 Å². The van der Waals surface area contributed by atoms with Crippen LogP contribution in [0.15, 0.2) is 53.6 Å². The average molecular weight is 387 g/mol. The summed E-state index contributed by atoms with van der Waals surface area (Å²) in [4.78, 5) is 12.1. The molecule has 2 aromatic rings. The number of rotatable bonds is 9. The van der Waals surface area contributed by atoms with Crippen LogP contribution in [-0.4, -0.2) is 18.2 Å². The molecule has 0 saturated heterocycles. The molecule has 1 N–H and O–H groups in total. The van der Waals surface area contributed by atoms with Crippen molar-refractivity contribution in [2.75, 3.05) is 6.61 Å². The smallest absolute Gasteiger partial charge is 0.240 e. The van der Waals surface area contributed by atoms with Crippen molar-refractivity contribution >= 4 is 23.2 Å². The number of hydrogen-bond donors (Lipinski definition) is 1. The summed E-state index contributed by atoms with van der Waals surface area (Å²) < 4.78 is 5.72. The summed E-state index contributed by atoms with van der Waals surface area (Å²) in [6.45, 7) is 6.69. The second kappa shape index (κ2) is 10.7. The molecule has 4 nitrogen and oxygen atoms in total. The number of nitrogens with zero attached hydrogens (tertiary/aromatic N) is 1. The number of hydrogen-bond acceptors (Lipinski definition) is 3. The minimum Gasteiger partial charge on any atom is -0.493 e. The number of carbonyl (C=O) groups excluding carboxylic acids is 1. The Balaban J connectivity index is 1.82. The second-order valence-electron chi connectivity index (χ2n) is 6.92. The molecular formula is C22H27ClN2O2. The predicted octanol–water partition coefficient (Wildman–Crippen LogP) is 5.37. The first-order valence-corrected chi connectivity index (χ1v) is 9.63. The molecule has 0 aliphatic rings. The normalized spacial score (nSPS) is 11.5. The third kappa shape index (κ3) is 7.43. The van der Waals surface area contributed by atoms with Crippen LogP contribution in [0.25, 0.3) is 0 Å². The van der Waals surface area contributed by atoms with E-state index in [1.807, 2.05) is 49.4 Å². The fourth-order valence-electron chi connectivity index (χ4n) is 2.62. The van der Waals surface area contributed by atoms with Crippen molar-refractivity contribution in [3.63, 3.8) is 0 Å². The molecule has 27 heavy (non-hydrogen) atoms. The van der Waals surface area contributed by atoms with Crippen molar-refractivity contribution in [1.82, 2.24) is 5.43 Å². The Bertz CT molecular complexity index is 773. The number of ether oxygens (including phenoxy) is 1. The van der Waals surface area contributed by atoms with Crippen molar-refractivity contribution in [1.29, 1.82) is 0 Å². The van der Waals surface area contributed by atoms with E-state index in [1.54, 1.807) is 6.07 Å². The Morgan fingerprint density at radius 3 is 2.59 bits per heavy atom. The molecule has 0 fully saturated rings. The maximum Gasteiger partial charge on any atom is 0.240 e. The third-order valence-corrected chi connectivity index (χ3v) is 4.20. The second-order valence-corrected chi connectivity index (χ2v) is 7.36. The van der Waals surface area contributed by atoms with Crippen LogP contribution in [0.5, 0.6) is 5.75 Å². The Kier molecular flexibility index (Phi) is 8.34. The third-order valence-electron chi connectivity index (χ3n) is 3.97. The summed E-state index contributed by atoms with van der Waals surface area (Å²) in [5, 5.41) is 5.04. The molecule has 0 saturated carbocycles. The lowest BCUT2D eigenvalue weighted by molar-refractivity contribution is -0.121. The van der Waals surface area contributed by atoms with E-state index >= 15 is 0 Å². The molecule has 1 amide bonds. The predicted molar refractivity (Wildman–Crippen MR) is 111 cm³/mol. The van der Waals surface area contributed by atoms with Gasteiger partial charge in [-0.15, -0.1) is 0 Å². The van der Waals surface area contributed by atoms with E-state index in [2.05, 4.69) is 24.4 Å². The molecule has 0 bridgehead atoms. The van der Waals surface area contributed by atoms with Gasteiger partial charge in [-0.25, -0.2) is 5.43 Å². The number of amides is 1. The van der Waals surface area contributed by atoms with E-state index in [9.17, 15) is 4.79 Å². The molecule has 0 unspecified atom stereocenters. The first-order valence-electron chi connectivity index (χ1n) is 9.25. The Morgan fingerprint density at radius 2 is 1.93 bits per heavy atom. The summed E-state index contributed by atoms with van der Waals surface area (Å²) in [5.41, 5.74) is 5.59. The Hall–Kier alpha value is -2.33. The summed E-state index contributed by atoms with van der Waals surface area (Å²) in [7, 11) is 0. The molecule has 0 aromatic heterocycles. The lowest BCUT2D eigenvalue weighted by atomic mass is 10.0. The maximum atomic E-state index is 12.1. The zero-order chi connectivity index (χ0) is 19.6.